The topological polar surface area (TPSA) is 70.6 Å². The first-order valence-electron chi connectivity index (χ1n) is 8.01. The molecular weight excluding hydrogens is 262 g/mol. The number of nitrogens with zero attached hydrogens (tertiary/aromatic N) is 1. The normalized spacial score (nSPS) is 19.2. The second-order valence-electron chi connectivity index (χ2n) is 6.11. The Hall–Kier alpha value is -1.55. The summed E-state index contributed by atoms with van der Waals surface area (Å²) in [6.07, 6.45) is 8.22. The molecule has 4 heteroatoms. The molecule has 116 valence electrons. The molecule has 1 atom stereocenters. The lowest BCUT2D eigenvalue weighted by atomic mass is 9.93. The SMILES string of the molecule is C[C@H](NCc1cccc(/C(N)=N/O)c1)C1CCCCCC1. The molecule has 21 heavy (non-hydrogen) atoms. The molecule has 0 unspecified atom stereocenters. The average Bonchev–Trinajstić information content (AvgIpc) is 2.81. The first-order valence-corrected chi connectivity index (χ1v) is 8.01. The summed E-state index contributed by atoms with van der Waals surface area (Å²) < 4.78 is 0. The molecule has 4 nitrogen and oxygen atoms in total. The monoisotopic (exact) mass is 289 g/mol. The minimum atomic E-state index is 0.161. The molecule has 1 aromatic carbocycles. The van der Waals surface area contributed by atoms with Gasteiger partial charge in [0.1, 0.15) is 0 Å². The van der Waals surface area contributed by atoms with Crippen LogP contribution in [0.2, 0.25) is 0 Å². The highest BCUT2D eigenvalue weighted by Gasteiger charge is 2.18. The Kier molecular flexibility index (Phi) is 6.05. The minimum Gasteiger partial charge on any atom is -0.409 e. The van der Waals surface area contributed by atoms with Crippen LogP contribution in [0.4, 0.5) is 0 Å². The molecule has 1 aromatic rings. The summed E-state index contributed by atoms with van der Waals surface area (Å²) in [5, 5.41) is 15.4. The largest absolute Gasteiger partial charge is 0.409 e. The van der Waals surface area contributed by atoms with E-state index in [4.69, 9.17) is 10.9 Å². The number of rotatable bonds is 5. The lowest BCUT2D eigenvalue weighted by Crippen LogP contribution is -2.33. The lowest BCUT2D eigenvalue weighted by Gasteiger charge is -2.23. The fourth-order valence-electron chi connectivity index (χ4n) is 3.15. The highest BCUT2D eigenvalue weighted by Crippen LogP contribution is 2.25. The maximum absolute atomic E-state index is 8.74. The van der Waals surface area contributed by atoms with Gasteiger partial charge in [0.15, 0.2) is 5.84 Å². The van der Waals surface area contributed by atoms with Gasteiger partial charge in [-0.1, -0.05) is 49.0 Å². The third-order valence-corrected chi connectivity index (χ3v) is 4.57. The number of amidine groups is 1. The molecule has 1 aliphatic carbocycles. The van der Waals surface area contributed by atoms with Gasteiger partial charge in [0.05, 0.1) is 0 Å². The molecule has 0 amide bonds. The molecule has 0 heterocycles. The van der Waals surface area contributed by atoms with Crippen molar-refractivity contribution in [2.75, 3.05) is 0 Å². The van der Waals surface area contributed by atoms with E-state index in [-0.39, 0.29) is 5.84 Å². The zero-order chi connectivity index (χ0) is 15.1. The summed E-state index contributed by atoms with van der Waals surface area (Å²) in [6.45, 7) is 3.12. The summed E-state index contributed by atoms with van der Waals surface area (Å²) in [5.74, 6) is 0.952. The molecule has 0 aromatic heterocycles. The van der Waals surface area contributed by atoms with E-state index in [1.165, 1.54) is 44.1 Å². The summed E-state index contributed by atoms with van der Waals surface area (Å²) in [6, 6.07) is 8.38. The second kappa shape index (κ2) is 8.03. The standard InChI is InChI=1S/C17H27N3O/c1-13(15-8-4-2-3-5-9-15)19-12-14-7-6-10-16(11-14)17(18)20-21/h6-7,10-11,13,15,19,21H,2-5,8-9,12H2,1H3,(H2,18,20)/t13-/m0/s1. The quantitative estimate of drug-likeness (QED) is 0.256. The van der Waals surface area contributed by atoms with Gasteiger partial charge >= 0.3 is 0 Å². The van der Waals surface area contributed by atoms with Crippen molar-refractivity contribution >= 4 is 5.84 Å². The van der Waals surface area contributed by atoms with Gasteiger partial charge in [-0.05, 0) is 37.3 Å². The fraction of sp³-hybridized carbons (Fsp3) is 0.588. The van der Waals surface area contributed by atoms with Gasteiger partial charge in [-0.3, -0.25) is 0 Å². The third kappa shape index (κ3) is 4.74. The van der Waals surface area contributed by atoms with Gasteiger partial charge in [-0.15, -0.1) is 0 Å². The van der Waals surface area contributed by atoms with Crippen molar-refractivity contribution in [3.05, 3.63) is 35.4 Å². The second-order valence-corrected chi connectivity index (χ2v) is 6.11. The van der Waals surface area contributed by atoms with Crippen molar-refractivity contribution in [1.82, 2.24) is 5.32 Å². The van der Waals surface area contributed by atoms with Crippen molar-refractivity contribution in [2.24, 2.45) is 16.8 Å². The van der Waals surface area contributed by atoms with Crippen molar-refractivity contribution in [1.29, 1.82) is 0 Å². The molecule has 0 saturated heterocycles. The Labute approximate surface area is 127 Å². The van der Waals surface area contributed by atoms with Gasteiger partial charge in [0.25, 0.3) is 0 Å². The van der Waals surface area contributed by atoms with Gasteiger partial charge < -0.3 is 16.3 Å². The lowest BCUT2D eigenvalue weighted by molar-refractivity contribution is 0.318. The Morgan fingerprint density at radius 2 is 2.05 bits per heavy atom. The van der Waals surface area contributed by atoms with Crippen LogP contribution in [-0.4, -0.2) is 17.1 Å². The number of benzene rings is 1. The van der Waals surface area contributed by atoms with Gasteiger partial charge in [0.2, 0.25) is 0 Å². The number of nitrogens with two attached hydrogens (primary N) is 1. The molecule has 0 radical (unpaired) electrons. The summed E-state index contributed by atoms with van der Waals surface area (Å²) in [7, 11) is 0. The van der Waals surface area contributed by atoms with Crippen LogP contribution < -0.4 is 11.1 Å². The Morgan fingerprint density at radius 3 is 2.71 bits per heavy atom. The Morgan fingerprint density at radius 1 is 1.33 bits per heavy atom. The highest BCUT2D eigenvalue weighted by atomic mass is 16.4. The first kappa shape index (κ1) is 15.8. The van der Waals surface area contributed by atoms with Crippen LogP contribution in [-0.2, 0) is 6.54 Å². The van der Waals surface area contributed by atoms with Crippen LogP contribution in [0, 0.1) is 5.92 Å². The molecule has 1 saturated carbocycles. The van der Waals surface area contributed by atoms with Crippen LogP contribution in [0.3, 0.4) is 0 Å². The first-order chi connectivity index (χ1) is 10.2. The minimum absolute atomic E-state index is 0.161. The van der Waals surface area contributed by atoms with Crippen molar-refractivity contribution in [3.8, 4) is 0 Å². The van der Waals surface area contributed by atoms with Crippen molar-refractivity contribution in [2.45, 2.75) is 58.0 Å². The number of hydrogen-bond donors (Lipinski definition) is 3. The Balaban J connectivity index is 1.90. The van der Waals surface area contributed by atoms with Crippen molar-refractivity contribution in [3.63, 3.8) is 0 Å². The molecule has 0 spiro atoms. The predicted octanol–water partition coefficient (Wildman–Crippen LogP) is 3.23. The highest BCUT2D eigenvalue weighted by molar-refractivity contribution is 5.97. The van der Waals surface area contributed by atoms with Crippen molar-refractivity contribution < 1.29 is 5.21 Å². The molecule has 4 N–H and O–H groups in total. The molecule has 0 bridgehead atoms. The van der Waals surface area contributed by atoms with E-state index in [2.05, 4.69) is 23.5 Å². The Bertz CT molecular complexity index is 465. The van der Waals surface area contributed by atoms with E-state index in [0.717, 1.165) is 18.0 Å². The summed E-state index contributed by atoms with van der Waals surface area (Å²) in [4.78, 5) is 0. The molecule has 1 fully saturated rings. The van der Waals surface area contributed by atoms with Crippen LogP contribution in [0.5, 0.6) is 0 Å². The predicted molar refractivity (Wildman–Crippen MR) is 86.4 cm³/mol. The third-order valence-electron chi connectivity index (χ3n) is 4.57. The number of hydrogen-bond acceptors (Lipinski definition) is 3. The van der Waals surface area contributed by atoms with Crippen LogP contribution in [0.1, 0.15) is 56.6 Å². The molecule has 2 rings (SSSR count). The molecule has 1 aliphatic rings. The maximum Gasteiger partial charge on any atom is 0.170 e. The molecular formula is C17H27N3O. The van der Waals surface area contributed by atoms with E-state index in [1.54, 1.807) is 0 Å². The van der Waals surface area contributed by atoms with Gasteiger partial charge in [0, 0.05) is 18.2 Å². The van der Waals surface area contributed by atoms with Gasteiger partial charge in [-0.25, -0.2) is 0 Å². The number of nitrogens with one attached hydrogen (secondary N) is 1. The summed E-state index contributed by atoms with van der Waals surface area (Å²) in [5.41, 5.74) is 7.56. The fourth-order valence-corrected chi connectivity index (χ4v) is 3.15. The average molecular weight is 289 g/mol. The zero-order valence-corrected chi connectivity index (χ0v) is 12.9. The van der Waals surface area contributed by atoms with Crippen LogP contribution >= 0.6 is 0 Å². The molecule has 0 aliphatic heterocycles. The van der Waals surface area contributed by atoms with Crippen LogP contribution in [0.25, 0.3) is 0 Å². The van der Waals surface area contributed by atoms with Crippen LogP contribution in [0.15, 0.2) is 29.4 Å². The van der Waals surface area contributed by atoms with E-state index in [9.17, 15) is 0 Å². The zero-order valence-electron chi connectivity index (χ0n) is 12.9. The smallest absolute Gasteiger partial charge is 0.170 e. The number of oxime groups is 1. The summed E-state index contributed by atoms with van der Waals surface area (Å²) >= 11 is 0. The van der Waals surface area contributed by atoms with Gasteiger partial charge in [-0.2, -0.15) is 0 Å². The van der Waals surface area contributed by atoms with E-state index >= 15 is 0 Å². The van der Waals surface area contributed by atoms with E-state index in [0.29, 0.717) is 6.04 Å². The maximum atomic E-state index is 8.74. The van der Waals surface area contributed by atoms with E-state index < -0.39 is 0 Å². The van der Waals surface area contributed by atoms with E-state index in [1.807, 2.05) is 18.2 Å².